The molecule has 18 heavy (non-hydrogen) atoms. The second-order valence-corrected chi connectivity index (χ2v) is 5.71. The molecule has 2 atom stereocenters. The third-order valence-electron chi connectivity index (χ3n) is 3.91. The van der Waals surface area contributed by atoms with Gasteiger partial charge < -0.3 is 5.32 Å². The number of nitrogens with zero attached hydrogens (tertiary/aromatic N) is 2. The van der Waals surface area contributed by atoms with Crippen molar-refractivity contribution in [2.75, 3.05) is 6.54 Å². The molecule has 1 aromatic heterocycles. The molecule has 1 fully saturated rings. The monoisotopic (exact) mass is 253 g/mol. The van der Waals surface area contributed by atoms with Crippen molar-refractivity contribution in [1.29, 1.82) is 0 Å². The maximum Gasteiger partial charge on any atom is 0.110 e. The molecular formula is C14H24FN3. The van der Waals surface area contributed by atoms with Crippen LogP contribution in [0.3, 0.4) is 0 Å². The molecule has 0 aliphatic carbocycles. The van der Waals surface area contributed by atoms with Crippen LogP contribution >= 0.6 is 0 Å². The first kappa shape index (κ1) is 13.5. The lowest BCUT2D eigenvalue weighted by Crippen LogP contribution is -2.39. The molecule has 1 saturated heterocycles. The number of piperidine rings is 1. The van der Waals surface area contributed by atoms with Crippen LogP contribution in [0.25, 0.3) is 0 Å². The smallest absolute Gasteiger partial charge is 0.110 e. The number of alkyl halides is 1. The van der Waals surface area contributed by atoms with E-state index in [9.17, 15) is 4.39 Å². The Bertz CT molecular complexity index is 367. The zero-order valence-electron chi connectivity index (χ0n) is 11.5. The minimum Gasteiger partial charge on any atom is -0.314 e. The second kappa shape index (κ2) is 5.83. The van der Waals surface area contributed by atoms with Crippen LogP contribution in [0.1, 0.15) is 44.7 Å². The molecule has 4 heteroatoms. The molecule has 1 N–H and O–H groups in total. The summed E-state index contributed by atoms with van der Waals surface area (Å²) in [5.74, 6) is 0. The maximum atomic E-state index is 14.5. The number of aromatic nitrogens is 2. The molecule has 1 aliphatic rings. The highest BCUT2D eigenvalue weighted by Gasteiger charge is 2.28. The number of nitrogens with one attached hydrogen (secondary N) is 1. The maximum absolute atomic E-state index is 14.5. The quantitative estimate of drug-likeness (QED) is 0.874. The van der Waals surface area contributed by atoms with Crippen LogP contribution in [0.2, 0.25) is 0 Å². The topological polar surface area (TPSA) is 29.9 Å². The van der Waals surface area contributed by atoms with E-state index >= 15 is 0 Å². The Morgan fingerprint density at radius 1 is 1.56 bits per heavy atom. The van der Waals surface area contributed by atoms with Gasteiger partial charge in [-0.3, -0.25) is 4.68 Å². The van der Waals surface area contributed by atoms with Crippen molar-refractivity contribution in [2.24, 2.45) is 7.05 Å². The van der Waals surface area contributed by atoms with Crippen molar-refractivity contribution in [3.05, 3.63) is 18.0 Å². The Labute approximate surface area is 109 Å². The summed E-state index contributed by atoms with van der Waals surface area (Å²) in [6.45, 7) is 2.78. The Hall–Kier alpha value is -0.900. The van der Waals surface area contributed by atoms with E-state index in [0.717, 1.165) is 25.1 Å². The van der Waals surface area contributed by atoms with Crippen molar-refractivity contribution in [3.8, 4) is 0 Å². The first-order valence-corrected chi connectivity index (χ1v) is 6.96. The van der Waals surface area contributed by atoms with Crippen LogP contribution in [0.5, 0.6) is 0 Å². The van der Waals surface area contributed by atoms with E-state index in [4.69, 9.17) is 0 Å². The van der Waals surface area contributed by atoms with Crippen LogP contribution in [-0.4, -0.2) is 28.0 Å². The Balaban J connectivity index is 1.81. The van der Waals surface area contributed by atoms with E-state index in [0.29, 0.717) is 18.9 Å². The van der Waals surface area contributed by atoms with Crippen LogP contribution in [0.4, 0.5) is 4.39 Å². The van der Waals surface area contributed by atoms with Crippen molar-refractivity contribution >= 4 is 0 Å². The SMILES string of the molecule is Cn1nccc1CCC(C)(F)CC1CCCCN1. The van der Waals surface area contributed by atoms with Crippen LogP contribution in [0.15, 0.2) is 12.3 Å². The Morgan fingerprint density at radius 3 is 3.00 bits per heavy atom. The van der Waals surface area contributed by atoms with E-state index in [-0.39, 0.29) is 0 Å². The zero-order valence-corrected chi connectivity index (χ0v) is 11.5. The van der Waals surface area contributed by atoms with Gasteiger partial charge in [0.1, 0.15) is 5.67 Å². The highest BCUT2D eigenvalue weighted by atomic mass is 19.1. The molecule has 2 unspecified atom stereocenters. The van der Waals surface area contributed by atoms with Gasteiger partial charge in [0.2, 0.25) is 0 Å². The molecule has 1 aliphatic heterocycles. The largest absolute Gasteiger partial charge is 0.314 e. The lowest BCUT2D eigenvalue weighted by Gasteiger charge is -2.30. The summed E-state index contributed by atoms with van der Waals surface area (Å²) < 4.78 is 16.4. The molecular weight excluding hydrogens is 229 g/mol. The zero-order chi connectivity index (χ0) is 13.0. The van der Waals surface area contributed by atoms with Crippen molar-refractivity contribution in [1.82, 2.24) is 15.1 Å². The summed E-state index contributed by atoms with van der Waals surface area (Å²) in [5, 5.41) is 7.54. The standard InChI is InChI=1S/C14H24FN3/c1-14(15,11-12-5-3-4-9-16-12)8-6-13-7-10-17-18(13)2/h7,10,12,16H,3-6,8-9,11H2,1-2H3. The molecule has 0 bridgehead atoms. The van der Waals surface area contributed by atoms with Gasteiger partial charge in [0, 0.05) is 25.0 Å². The van der Waals surface area contributed by atoms with E-state index in [2.05, 4.69) is 10.4 Å². The minimum absolute atomic E-state index is 0.361. The van der Waals surface area contributed by atoms with Gasteiger partial charge in [-0.05, 0) is 51.6 Å². The molecule has 0 radical (unpaired) electrons. The fourth-order valence-corrected chi connectivity index (χ4v) is 2.75. The summed E-state index contributed by atoms with van der Waals surface area (Å²) in [6, 6.07) is 2.33. The van der Waals surface area contributed by atoms with Gasteiger partial charge >= 0.3 is 0 Å². The lowest BCUT2D eigenvalue weighted by atomic mass is 9.89. The molecule has 1 aromatic rings. The third kappa shape index (κ3) is 3.80. The summed E-state index contributed by atoms with van der Waals surface area (Å²) in [4.78, 5) is 0. The van der Waals surface area contributed by atoms with Gasteiger partial charge in [0.25, 0.3) is 0 Å². The van der Waals surface area contributed by atoms with Gasteiger partial charge in [-0.25, -0.2) is 4.39 Å². The molecule has 2 rings (SSSR count). The summed E-state index contributed by atoms with van der Waals surface area (Å²) in [5.41, 5.74) is 0.0229. The second-order valence-electron chi connectivity index (χ2n) is 5.71. The third-order valence-corrected chi connectivity index (χ3v) is 3.91. The van der Waals surface area contributed by atoms with E-state index < -0.39 is 5.67 Å². The average Bonchev–Trinajstić information content (AvgIpc) is 2.73. The Kier molecular flexibility index (Phi) is 4.38. The summed E-state index contributed by atoms with van der Waals surface area (Å²) in [6.07, 6.45) is 7.31. The minimum atomic E-state index is -1.08. The first-order chi connectivity index (χ1) is 8.57. The molecule has 0 spiro atoms. The predicted molar refractivity (Wildman–Crippen MR) is 71.3 cm³/mol. The lowest BCUT2D eigenvalue weighted by molar-refractivity contribution is 0.134. The van der Waals surface area contributed by atoms with Crippen LogP contribution in [-0.2, 0) is 13.5 Å². The van der Waals surface area contributed by atoms with Crippen molar-refractivity contribution < 1.29 is 4.39 Å². The fourth-order valence-electron chi connectivity index (χ4n) is 2.75. The fraction of sp³-hybridized carbons (Fsp3) is 0.786. The summed E-state index contributed by atoms with van der Waals surface area (Å²) in [7, 11) is 1.91. The van der Waals surface area contributed by atoms with Gasteiger partial charge in [-0.1, -0.05) is 6.42 Å². The number of hydrogen-bond donors (Lipinski definition) is 1. The number of aryl methyl sites for hydroxylation is 2. The van der Waals surface area contributed by atoms with Gasteiger partial charge in [0.15, 0.2) is 0 Å². The number of hydrogen-bond acceptors (Lipinski definition) is 2. The van der Waals surface area contributed by atoms with Crippen LogP contribution in [0, 0.1) is 0 Å². The van der Waals surface area contributed by atoms with Crippen molar-refractivity contribution in [3.63, 3.8) is 0 Å². The molecule has 0 amide bonds. The van der Waals surface area contributed by atoms with Gasteiger partial charge in [-0.15, -0.1) is 0 Å². The highest BCUT2D eigenvalue weighted by Crippen LogP contribution is 2.26. The summed E-state index contributed by atoms with van der Waals surface area (Å²) >= 11 is 0. The molecule has 0 aromatic carbocycles. The van der Waals surface area contributed by atoms with Crippen molar-refractivity contribution in [2.45, 2.75) is 57.2 Å². The molecule has 3 nitrogen and oxygen atoms in total. The Morgan fingerprint density at radius 2 is 2.39 bits per heavy atom. The highest BCUT2D eigenvalue weighted by molar-refractivity contribution is 5.01. The van der Waals surface area contributed by atoms with E-state index in [1.54, 1.807) is 13.1 Å². The van der Waals surface area contributed by atoms with E-state index in [1.807, 2.05) is 17.8 Å². The molecule has 2 heterocycles. The van der Waals surface area contributed by atoms with Gasteiger partial charge in [-0.2, -0.15) is 5.10 Å². The molecule has 0 saturated carbocycles. The normalized spacial score (nSPS) is 23.8. The first-order valence-electron chi connectivity index (χ1n) is 6.96. The van der Waals surface area contributed by atoms with E-state index in [1.165, 1.54) is 12.8 Å². The van der Waals surface area contributed by atoms with Gasteiger partial charge in [0.05, 0.1) is 0 Å². The number of rotatable bonds is 5. The molecule has 102 valence electrons. The average molecular weight is 253 g/mol. The van der Waals surface area contributed by atoms with Crippen LogP contribution < -0.4 is 5.32 Å². The predicted octanol–water partition coefficient (Wildman–Crippen LogP) is 2.61. The number of halogens is 1.